The molecular weight excluding hydrogens is 288 g/mol. The van der Waals surface area contributed by atoms with Gasteiger partial charge >= 0.3 is 0 Å². The summed E-state index contributed by atoms with van der Waals surface area (Å²) < 4.78 is 5.72. The van der Waals surface area contributed by atoms with E-state index in [1.165, 1.54) is 0 Å². The number of nitrogens with one attached hydrogen (secondary N) is 1. The van der Waals surface area contributed by atoms with Gasteiger partial charge in [0.1, 0.15) is 5.75 Å². The van der Waals surface area contributed by atoms with Crippen LogP contribution in [0, 0.1) is 6.92 Å². The molecule has 2 aromatic carbocycles. The number of aromatic nitrogens is 1. The van der Waals surface area contributed by atoms with Gasteiger partial charge in [-0.15, -0.1) is 0 Å². The van der Waals surface area contributed by atoms with Crippen molar-refractivity contribution >= 4 is 22.4 Å². The first kappa shape index (κ1) is 15.0. The Morgan fingerprint density at radius 1 is 1.17 bits per heavy atom. The van der Waals surface area contributed by atoms with Gasteiger partial charge < -0.3 is 10.1 Å². The van der Waals surface area contributed by atoms with E-state index in [1.54, 1.807) is 19.3 Å². The lowest BCUT2D eigenvalue weighted by molar-refractivity contribution is -0.122. The average Bonchev–Trinajstić information content (AvgIpc) is 2.55. The van der Waals surface area contributed by atoms with Gasteiger partial charge in [-0.3, -0.25) is 9.78 Å². The van der Waals surface area contributed by atoms with Crippen LogP contribution in [0.25, 0.3) is 10.8 Å². The summed E-state index contributed by atoms with van der Waals surface area (Å²) in [6.07, 6.45) is 2.90. The molecule has 4 heteroatoms. The first-order valence-electron chi connectivity index (χ1n) is 7.50. The zero-order chi connectivity index (χ0) is 16.2. The molecule has 1 N–H and O–H groups in total. The summed E-state index contributed by atoms with van der Waals surface area (Å²) >= 11 is 0. The van der Waals surface area contributed by atoms with E-state index in [0.29, 0.717) is 5.75 Å². The highest BCUT2D eigenvalue weighted by atomic mass is 16.5. The fourth-order valence-electron chi connectivity index (χ4n) is 2.41. The molecule has 0 bridgehead atoms. The summed E-state index contributed by atoms with van der Waals surface area (Å²) in [7, 11) is 0. The maximum absolute atomic E-state index is 12.4. The van der Waals surface area contributed by atoms with E-state index in [4.69, 9.17) is 4.74 Å². The number of rotatable bonds is 4. The standard InChI is InChI=1S/C19H18N2O2/c1-13-5-3-7-16(11-13)23-14(2)19(22)21-18-8-4-6-15-12-20-10-9-17(15)18/h3-12,14H,1-2H3,(H,21,22)/t14-/m0/s1. The number of hydrogen-bond donors (Lipinski definition) is 1. The number of benzene rings is 2. The van der Waals surface area contributed by atoms with Gasteiger partial charge in [0.2, 0.25) is 0 Å². The van der Waals surface area contributed by atoms with Crippen molar-refractivity contribution in [1.29, 1.82) is 0 Å². The monoisotopic (exact) mass is 306 g/mol. The smallest absolute Gasteiger partial charge is 0.265 e. The molecule has 23 heavy (non-hydrogen) atoms. The van der Waals surface area contributed by atoms with E-state index in [-0.39, 0.29) is 5.91 Å². The third-order valence-electron chi connectivity index (χ3n) is 3.61. The Hall–Kier alpha value is -2.88. The van der Waals surface area contributed by atoms with E-state index >= 15 is 0 Å². The molecule has 0 saturated heterocycles. The Balaban J connectivity index is 1.75. The molecule has 0 aliphatic carbocycles. The van der Waals surface area contributed by atoms with E-state index in [1.807, 2.05) is 55.5 Å². The minimum Gasteiger partial charge on any atom is -0.481 e. The third-order valence-corrected chi connectivity index (χ3v) is 3.61. The number of nitrogens with zero attached hydrogens (tertiary/aromatic N) is 1. The van der Waals surface area contributed by atoms with Crippen molar-refractivity contribution in [3.8, 4) is 5.75 Å². The van der Waals surface area contributed by atoms with Gasteiger partial charge in [-0.05, 0) is 43.7 Å². The number of aryl methyl sites for hydroxylation is 1. The van der Waals surface area contributed by atoms with Gasteiger partial charge in [-0.25, -0.2) is 0 Å². The first-order valence-corrected chi connectivity index (χ1v) is 7.50. The van der Waals surface area contributed by atoms with Crippen LogP contribution in [0.3, 0.4) is 0 Å². The van der Waals surface area contributed by atoms with E-state index in [2.05, 4.69) is 10.3 Å². The first-order chi connectivity index (χ1) is 11.1. The van der Waals surface area contributed by atoms with Crippen molar-refractivity contribution in [3.63, 3.8) is 0 Å². The summed E-state index contributed by atoms with van der Waals surface area (Å²) in [6.45, 7) is 3.73. The van der Waals surface area contributed by atoms with Crippen molar-refractivity contribution in [3.05, 3.63) is 66.5 Å². The van der Waals surface area contributed by atoms with Crippen molar-refractivity contribution in [1.82, 2.24) is 4.98 Å². The van der Waals surface area contributed by atoms with E-state index < -0.39 is 6.10 Å². The van der Waals surface area contributed by atoms with Crippen molar-refractivity contribution < 1.29 is 9.53 Å². The van der Waals surface area contributed by atoms with Crippen LogP contribution in [-0.4, -0.2) is 17.0 Å². The normalized spacial score (nSPS) is 11.9. The Morgan fingerprint density at radius 3 is 2.83 bits per heavy atom. The Morgan fingerprint density at radius 2 is 2.00 bits per heavy atom. The van der Waals surface area contributed by atoms with Crippen LogP contribution in [0.1, 0.15) is 12.5 Å². The molecule has 3 aromatic rings. The lowest BCUT2D eigenvalue weighted by Crippen LogP contribution is -2.30. The number of anilines is 1. The van der Waals surface area contributed by atoms with E-state index in [9.17, 15) is 4.79 Å². The summed E-state index contributed by atoms with van der Waals surface area (Å²) in [5, 5.41) is 4.87. The number of pyridine rings is 1. The Labute approximate surface area is 135 Å². The second kappa shape index (κ2) is 6.48. The predicted octanol–water partition coefficient (Wildman–Crippen LogP) is 3.95. The van der Waals surface area contributed by atoms with Crippen molar-refractivity contribution in [2.24, 2.45) is 0 Å². The molecule has 1 aromatic heterocycles. The minimum atomic E-state index is -0.589. The van der Waals surface area contributed by atoms with Crippen LogP contribution >= 0.6 is 0 Å². The summed E-state index contributed by atoms with van der Waals surface area (Å²) in [5.41, 5.74) is 1.85. The average molecular weight is 306 g/mol. The maximum atomic E-state index is 12.4. The lowest BCUT2D eigenvalue weighted by atomic mass is 10.1. The molecule has 0 saturated carbocycles. The lowest BCUT2D eigenvalue weighted by Gasteiger charge is -2.16. The zero-order valence-electron chi connectivity index (χ0n) is 13.1. The number of fused-ring (bicyclic) bond motifs is 1. The van der Waals surface area contributed by atoms with Gasteiger partial charge in [0, 0.05) is 28.9 Å². The SMILES string of the molecule is Cc1cccc(O[C@@H](C)C(=O)Nc2cccc3cnccc23)c1. The van der Waals surface area contributed by atoms with Crippen molar-refractivity contribution in [2.75, 3.05) is 5.32 Å². The fourth-order valence-corrected chi connectivity index (χ4v) is 2.41. The van der Waals surface area contributed by atoms with Crippen LogP contribution in [-0.2, 0) is 4.79 Å². The van der Waals surface area contributed by atoms with Gasteiger partial charge in [0.05, 0.1) is 0 Å². The van der Waals surface area contributed by atoms with Crippen molar-refractivity contribution in [2.45, 2.75) is 20.0 Å². The molecule has 1 atom stereocenters. The largest absolute Gasteiger partial charge is 0.481 e. The second-order valence-electron chi connectivity index (χ2n) is 5.47. The molecule has 0 aliphatic heterocycles. The van der Waals surface area contributed by atoms with Crippen LogP contribution in [0.2, 0.25) is 0 Å². The number of hydrogen-bond acceptors (Lipinski definition) is 3. The van der Waals surface area contributed by atoms with Gasteiger partial charge in [-0.2, -0.15) is 0 Å². The van der Waals surface area contributed by atoms with E-state index in [0.717, 1.165) is 22.0 Å². The van der Waals surface area contributed by atoms with Gasteiger partial charge in [0.15, 0.2) is 6.10 Å². The van der Waals surface area contributed by atoms with Crippen LogP contribution in [0.5, 0.6) is 5.75 Å². The molecule has 116 valence electrons. The number of ether oxygens (including phenoxy) is 1. The highest BCUT2D eigenvalue weighted by Crippen LogP contribution is 2.22. The molecule has 4 nitrogen and oxygen atoms in total. The zero-order valence-corrected chi connectivity index (χ0v) is 13.1. The molecule has 3 rings (SSSR count). The summed E-state index contributed by atoms with van der Waals surface area (Å²) in [5.74, 6) is 0.505. The maximum Gasteiger partial charge on any atom is 0.265 e. The summed E-state index contributed by atoms with van der Waals surface area (Å²) in [6, 6.07) is 15.3. The van der Waals surface area contributed by atoms with Gasteiger partial charge in [0.25, 0.3) is 5.91 Å². The minimum absolute atomic E-state index is 0.184. The molecule has 0 fully saturated rings. The quantitative estimate of drug-likeness (QED) is 0.794. The number of carbonyl (C=O) groups excluding carboxylic acids is 1. The Kier molecular flexibility index (Phi) is 4.24. The molecule has 1 heterocycles. The predicted molar refractivity (Wildman–Crippen MR) is 91.6 cm³/mol. The topological polar surface area (TPSA) is 51.2 Å². The van der Waals surface area contributed by atoms with Crippen LogP contribution in [0.15, 0.2) is 60.9 Å². The molecule has 0 unspecified atom stereocenters. The van der Waals surface area contributed by atoms with Crippen LogP contribution < -0.4 is 10.1 Å². The second-order valence-corrected chi connectivity index (χ2v) is 5.47. The third kappa shape index (κ3) is 3.48. The van der Waals surface area contributed by atoms with Crippen LogP contribution in [0.4, 0.5) is 5.69 Å². The van der Waals surface area contributed by atoms with Gasteiger partial charge in [-0.1, -0.05) is 24.3 Å². The fraction of sp³-hybridized carbons (Fsp3) is 0.158. The molecule has 0 aliphatic rings. The highest BCUT2D eigenvalue weighted by molar-refractivity contribution is 6.03. The highest BCUT2D eigenvalue weighted by Gasteiger charge is 2.16. The molecule has 0 spiro atoms. The Bertz CT molecular complexity index is 840. The number of amides is 1. The molecular formula is C19H18N2O2. The number of carbonyl (C=O) groups is 1. The summed E-state index contributed by atoms with van der Waals surface area (Å²) in [4.78, 5) is 16.5. The molecule has 0 radical (unpaired) electrons. The molecule has 1 amide bonds.